The zero-order valence-electron chi connectivity index (χ0n) is 11.9. The highest BCUT2D eigenvalue weighted by molar-refractivity contribution is 7.20. The average Bonchev–Trinajstić information content (AvgIpc) is 2.86. The van der Waals surface area contributed by atoms with Crippen molar-refractivity contribution in [1.82, 2.24) is 9.97 Å². The van der Waals surface area contributed by atoms with Crippen LogP contribution in [0, 0.1) is 6.92 Å². The van der Waals surface area contributed by atoms with Crippen LogP contribution >= 0.6 is 11.3 Å². The molecule has 7 nitrogen and oxygen atoms in total. The second-order valence-corrected chi connectivity index (χ2v) is 5.77. The third-order valence-corrected chi connectivity index (χ3v) is 4.48. The fourth-order valence-electron chi connectivity index (χ4n) is 2.24. The van der Waals surface area contributed by atoms with E-state index in [0.29, 0.717) is 27.3 Å². The molecule has 0 aliphatic rings. The van der Waals surface area contributed by atoms with Gasteiger partial charge in [-0.15, -0.1) is 11.3 Å². The third kappa shape index (κ3) is 2.71. The normalized spacial score (nSPS) is 10.7. The van der Waals surface area contributed by atoms with E-state index in [1.165, 1.54) is 18.5 Å². The van der Waals surface area contributed by atoms with Crippen LogP contribution in [0.4, 0.5) is 11.5 Å². The average molecular weight is 329 g/mol. The molecule has 2 heterocycles. The number of nitrogens with one attached hydrogen (secondary N) is 1. The molecule has 3 aromatic rings. The maximum Gasteiger partial charge on any atom is 0.346 e. The molecule has 1 aromatic carbocycles. The number of aromatic carboxylic acids is 2. The van der Waals surface area contributed by atoms with Gasteiger partial charge in [-0.1, -0.05) is 6.07 Å². The van der Waals surface area contributed by atoms with Gasteiger partial charge in [-0.2, -0.15) is 0 Å². The van der Waals surface area contributed by atoms with Gasteiger partial charge in [0.1, 0.15) is 21.9 Å². The van der Waals surface area contributed by atoms with E-state index in [0.717, 1.165) is 11.3 Å². The summed E-state index contributed by atoms with van der Waals surface area (Å²) >= 11 is 1.08. The van der Waals surface area contributed by atoms with E-state index in [1.807, 2.05) is 0 Å². The Balaban J connectivity index is 2.08. The van der Waals surface area contributed by atoms with E-state index in [-0.39, 0.29) is 10.4 Å². The number of hydrogen-bond acceptors (Lipinski definition) is 6. The summed E-state index contributed by atoms with van der Waals surface area (Å²) < 4.78 is 0. The predicted molar refractivity (Wildman–Crippen MR) is 85.8 cm³/mol. The lowest BCUT2D eigenvalue weighted by Crippen LogP contribution is -2.00. The molecule has 116 valence electrons. The zero-order valence-corrected chi connectivity index (χ0v) is 12.7. The fourth-order valence-corrected chi connectivity index (χ4v) is 3.22. The summed E-state index contributed by atoms with van der Waals surface area (Å²) in [6, 6.07) is 6.30. The van der Waals surface area contributed by atoms with Crippen LogP contribution in [0.1, 0.15) is 25.6 Å². The molecule has 0 aliphatic heterocycles. The highest BCUT2D eigenvalue weighted by atomic mass is 32.1. The van der Waals surface area contributed by atoms with Gasteiger partial charge in [0.25, 0.3) is 0 Å². The first-order valence-corrected chi connectivity index (χ1v) is 7.37. The van der Waals surface area contributed by atoms with E-state index < -0.39 is 11.9 Å². The molecular formula is C15H11N3O4S. The molecule has 3 N–H and O–H groups in total. The Morgan fingerprint density at radius 3 is 2.65 bits per heavy atom. The Labute approximate surface area is 134 Å². The molecule has 0 unspecified atom stereocenters. The Morgan fingerprint density at radius 2 is 1.96 bits per heavy atom. The largest absolute Gasteiger partial charge is 0.478 e. The maximum absolute atomic E-state index is 11.3. The number of rotatable bonds is 4. The Bertz CT molecular complexity index is 936. The molecule has 0 saturated heterocycles. The summed E-state index contributed by atoms with van der Waals surface area (Å²) in [7, 11) is 0. The number of thiophene rings is 1. The first kappa shape index (κ1) is 14.9. The summed E-state index contributed by atoms with van der Waals surface area (Å²) in [5.74, 6) is -1.59. The summed E-state index contributed by atoms with van der Waals surface area (Å²) in [5, 5.41) is 21.9. The van der Waals surface area contributed by atoms with E-state index in [2.05, 4.69) is 15.3 Å². The van der Waals surface area contributed by atoms with Gasteiger partial charge >= 0.3 is 11.9 Å². The molecule has 0 amide bonds. The van der Waals surface area contributed by atoms with Gasteiger partial charge in [0, 0.05) is 5.69 Å². The summed E-state index contributed by atoms with van der Waals surface area (Å²) in [6.07, 6.45) is 1.34. The number of aromatic nitrogens is 2. The lowest BCUT2D eigenvalue weighted by molar-refractivity contribution is 0.0688. The van der Waals surface area contributed by atoms with Crippen molar-refractivity contribution in [2.75, 3.05) is 5.32 Å². The Hall–Kier alpha value is -3.00. The first-order chi connectivity index (χ1) is 11.0. The number of carboxylic acid groups (broad SMARTS) is 2. The molecule has 0 aliphatic carbocycles. The molecule has 0 fully saturated rings. The van der Waals surface area contributed by atoms with Crippen molar-refractivity contribution in [2.24, 2.45) is 0 Å². The summed E-state index contributed by atoms with van der Waals surface area (Å²) in [4.78, 5) is 31.3. The molecule has 0 atom stereocenters. The number of anilines is 2. The SMILES string of the molecule is Cc1c(C(=O)O)sc2ncnc(Nc3cccc(C(=O)O)c3)c12. The van der Waals surface area contributed by atoms with Gasteiger partial charge in [-0.05, 0) is 30.7 Å². The lowest BCUT2D eigenvalue weighted by Gasteiger charge is -2.08. The first-order valence-electron chi connectivity index (χ1n) is 6.55. The van der Waals surface area contributed by atoms with Crippen molar-refractivity contribution in [3.63, 3.8) is 0 Å². The van der Waals surface area contributed by atoms with Crippen molar-refractivity contribution in [1.29, 1.82) is 0 Å². The monoisotopic (exact) mass is 329 g/mol. The van der Waals surface area contributed by atoms with Gasteiger partial charge in [0.15, 0.2) is 0 Å². The lowest BCUT2D eigenvalue weighted by atomic mass is 10.2. The second kappa shape index (κ2) is 5.65. The summed E-state index contributed by atoms with van der Waals surface area (Å²) in [5.41, 5.74) is 1.27. The Morgan fingerprint density at radius 1 is 1.17 bits per heavy atom. The topological polar surface area (TPSA) is 112 Å². The van der Waals surface area contributed by atoms with Crippen molar-refractivity contribution in [2.45, 2.75) is 6.92 Å². The van der Waals surface area contributed by atoms with Gasteiger partial charge in [0.2, 0.25) is 0 Å². The molecule has 0 radical (unpaired) electrons. The predicted octanol–water partition coefficient (Wildman–Crippen LogP) is 3.14. The molecular weight excluding hydrogens is 318 g/mol. The molecule has 0 spiro atoms. The van der Waals surface area contributed by atoms with Gasteiger partial charge in [0.05, 0.1) is 10.9 Å². The standard InChI is InChI=1S/C15H11N3O4S/c1-7-10-12(16-6-17-13(10)23-11(7)15(21)22)18-9-4-2-3-8(5-9)14(19)20/h2-6H,1H3,(H,19,20)(H,21,22)(H,16,17,18). The maximum atomic E-state index is 11.3. The van der Waals surface area contributed by atoms with E-state index in [1.54, 1.807) is 19.1 Å². The van der Waals surface area contributed by atoms with Crippen LogP contribution in [0.2, 0.25) is 0 Å². The molecule has 8 heteroatoms. The van der Waals surface area contributed by atoms with Crippen molar-refractivity contribution in [3.8, 4) is 0 Å². The smallest absolute Gasteiger partial charge is 0.346 e. The number of nitrogens with zero attached hydrogens (tertiary/aromatic N) is 2. The number of fused-ring (bicyclic) bond motifs is 1. The van der Waals surface area contributed by atoms with Crippen LogP contribution in [-0.2, 0) is 0 Å². The molecule has 0 saturated carbocycles. The highest BCUT2D eigenvalue weighted by Gasteiger charge is 2.18. The zero-order chi connectivity index (χ0) is 16.6. The summed E-state index contributed by atoms with van der Waals surface area (Å²) in [6.45, 7) is 1.70. The van der Waals surface area contributed by atoms with Crippen molar-refractivity contribution >= 4 is 45.0 Å². The van der Waals surface area contributed by atoms with Crippen LogP contribution in [0.5, 0.6) is 0 Å². The number of aryl methyl sites for hydroxylation is 1. The van der Waals surface area contributed by atoms with Crippen LogP contribution < -0.4 is 5.32 Å². The number of carbonyl (C=O) groups is 2. The molecule has 0 bridgehead atoms. The van der Waals surface area contributed by atoms with E-state index >= 15 is 0 Å². The molecule has 2 aromatic heterocycles. The fraction of sp³-hybridized carbons (Fsp3) is 0.0667. The Kier molecular flexibility index (Phi) is 3.67. The van der Waals surface area contributed by atoms with Crippen LogP contribution in [0.15, 0.2) is 30.6 Å². The minimum Gasteiger partial charge on any atom is -0.478 e. The minimum atomic E-state index is -1.03. The van der Waals surface area contributed by atoms with Crippen LogP contribution in [-0.4, -0.2) is 32.1 Å². The van der Waals surface area contributed by atoms with Crippen molar-refractivity contribution in [3.05, 3.63) is 46.6 Å². The molecule has 3 rings (SSSR count). The highest BCUT2D eigenvalue weighted by Crippen LogP contribution is 2.34. The van der Waals surface area contributed by atoms with Crippen molar-refractivity contribution < 1.29 is 19.8 Å². The van der Waals surface area contributed by atoms with Gasteiger partial charge in [-0.25, -0.2) is 19.6 Å². The van der Waals surface area contributed by atoms with Crippen LogP contribution in [0.25, 0.3) is 10.2 Å². The molecule has 23 heavy (non-hydrogen) atoms. The number of hydrogen-bond donors (Lipinski definition) is 3. The van der Waals surface area contributed by atoms with Gasteiger partial charge < -0.3 is 15.5 Å². The van der Waals surface area contributed by atoms with E-state index in [4.69, 9.17) is 5.11 Å². The van der Waals surface area contributed by atoms with Gasteiger partial charge in [-0.3, -0.25) is 0 Å². The number of carboxylic acids is 2. The van der Waals surface area contributed by atoms with E-state index in [9.17, 15) is 14.7 Å². The number of benzene rings is 1. The minimum absolute atomic E-state index is 0.147. The van der Waals surface area contributed by atoms with Crippen LogP contribution in [0.3, 0.4) is 0 Å². The quantitative estimate of drug-likeness (QED) is 0.674. The third-order valence-electron chi connectivity index (χ3n) is 3.29. The second-order valence-electron chi connectivity index (χ2n) is 4.77.